The Balaban J connectivity index is 1.28. The fourth-order valence-electron chi connectivity index (χ4n) is 5.66. The van der Waals surface area contributed by atoms with Gasteiger partial charge in [-0.1, -0.05) is 93.3 Å². The molecule has 0 bridgehead atoms. The fourth-order valence-corrected chi connectivity index (χ4v) is 5.66. The molecule has 1 atom stereocenters. The van der Waals surface area contributed by atoms with Crippen LogP contribution in [0.25, 0.3) is 0 Å². The van der Waals surface area contributed by atoms with E-state index in [4.69, 9.17) is 9.73 Å². The van der Waals surface area contributed by atoms with Gasteiger partial charge in [-0.15, -0.1) is 0 Å². The standard InChI is InChI=1S/C33H39NO/c1-2-3-4-5-7-12-25-17-19-26(20-18-25)23-28-21-22-31(35-24-27-13-8-6-9-14-27)33-32(28)29-15-10-11-16-30(29)34-33/h6,8-9,13-14,17-22,28H,2-5,7,10-12,15-16,23-24H2,1H3. The highest BCUT2D eigenvalue weighted by Crippen LogP contribution is 2.43. The van der Waals surface area contributed by atoms with Crippen molar-refractivity contribution in [3.8, 4) is 0 Å². The van der Waals surface area contributed by atoms with Crippen LogP contribution in [0, 0.1) is 5.92 Å². The van der Waals surface area contributed by atoms with Gasteiger partial charge >= 0.3 is 0 Å². The second-order valence-corrected chi connectivity index (χ2v) is 10.3. The van der Waals surface area contributed by atoms with E-state index in [1.165, 1.54) is 84.9 Å². The lowest BCUT2D eigenvalue weighted by Crippen LogP contribution is -2.15. The van der Waals surface area contributed by atoms with Crippen LogP contribution in [-0.2, 0) is 24.2 Å². The predicted octanol–water partition coefficient (Wildman–Crippen LogP) is 8.68. The Morgan fingerprint density at radius 1 is 0.829 bits per heavy atom. The number of fused-ring (bicyclic) bond motifs is 2. The van der Waals surface area contributed by atoms with Gasteiger partial charge in [0.15, 0.2) is 0 Å². The first-order valence-electron chi connectivity index (χ1n) is 13.8. The number of hydrogen-bond donors (Lipinski definition) is 0. The van der Waals surface area contributed by atoms with Gasteiger partial charge in [0, 0.05) is 11.6 Å². The summed E-state index contributed by atoms with van der Waals surface area (Å²) in [5, 5.41) is 0. The number of aryl methyl sites for hydroxylation is 1. The number of aliphatic imine (C=N–C) groups is 1. The highest BCUT2D eigenvalue weighted by molar-refractivity contribution is 6.05. The summed E-state index contributed by atoms with van der Waals surface area (Å²) in [6.07, 6.45) is 18.3. The van der Waals surface area contributed by atoms with Crippen molar-refractivity contribution in [1.82, 2.24) is 0 Å². The largest absolute Gasteiger partial charge is 0.487 e. The molecule has 0 spiro atoms. The minimum absolute atomic E-state index is 0.378. The molecule has 0 radical (unpaired) electrons. The third kappa shape index (κ3) is 5.86. The highest BCUT2D eigenvalue weighted by atomic mass is 16.5. The summed E-state index contributed by atoms with van der Waals surface area (Å²) >= 11 is 0. The number of unbranched alkanes of at least 4 members (excludes halogenated alkanes) is 4. The van der Waals surface area contributed by atoms with Crippen molar-refractivity contribution in [2.24, 2.45) is 10.9 Å². The average Bonchev–Trinajstić information content (AvgIpc) is 3.30. The van der Waals surface area contributed by atoms with E-state index in [0.29, 0.717) is 12.5 Å². The van der Waals surface area contributed by atoms with Crippen LogP contribution < -0.4 is 0 Å². The maximum Gasteiger partial charge on any atom is 0.145 e. The normalized spacial score (nSPS) is 19.0. The lowest BCUT2D eigenvalue weighted by atomic mass is 9.80. The molecule has 1 aliphatic heterocycles. The van der Waals surface area contributed by atoms with Gasteiger partial charge in [-0.2, -0.15) is 0 Å². The van der Waals surface area contributed by atoms with Gasteiger partial charge in [-0.3, -0.25) is 0 Å². The number of allylic oxidation sites excluding steroid dienone is 4. The first-order chi connectivity index (χ1) is 17.3. The number of rotatable bonds is 11. The number of benzene rings is 2. The van der Waals surface area contributed by atoms with Gasteiger partial charge in [0.05, 0.1) is 0 Å². The first-order valence-corrected chi connectivity index (χ1v) is 13.8. The molecule has 0 N–H and O–H groups in total. The molecule has 0 aromatic heterocycles. The Kier molecular flexibility index (Phi) is 7.98. The highest BCUT2D eigenvalue weighted by Gasteiger charge is 2.34. The molecule has 0 saturated heterocycles. The second kappa shape index (κ2) is 11.7. The molecule has 182 valence electrons. The van der Waals surface area contributed by atoms with Gasteiger partial charge < -0.3 is 4.74 Å². The summed E-state index contributed by atoms with van der Waals surface area (Å²) in [5.74, 6) is 1.32. The van der Waals surface area contributed by atoms with Crippen LogP contribution in [-0.4, -0.2) is 5.71 Å². The van der Waals surface area contributed by atoms with Gasteiger partial charge in [0.1, 0.15) is 18.1 Å². The van der Waals surface area contributed by atoms with Crippen molar-refractivity contribution in [2.75, 3.05) is 0 Å². The smallest absolute Gasteiger partial charge is 0.145 e. The lowest BCUT2D eigenvalue weighted by Gasteiger charge is -2.24. The predicted molar refractivity (Wildman–Crippen MR) is 146 cm³/mol. The third-order valence-electron chi connectivity index (χ3n) is 7.63. The van der Waals surface area contributed by atoms with Gasteiger partial charge in [-0.25, -0.2) is 4.99 Å². The zero-order chi connectivity index (χ0) is 23.9. The van der Waals surface area contributed by atoms with Crippen molar-refractivity contribution >= 4 is 5.71 Å². The van der Waals surface area contributed by atoms with Gasteiger partial charge in [0.25, 0.3) is 0 Å². The molecule has 2 aromatic carbocycles. The maximum absolute atomic E-state index is 6.32. The van der Waals surface area contributed by atoms with E-state index >= 15 is 0 Å². The number of ether oxygens (including phenoxy) is 1. The molecule has 0 amide bonds. The van der Waals surface area contributed by atoms with Crippen molar-refractivity contribution in [3.63, 3.8) is 0 Å². The minimum atomic E-state index is 0.378. The summed E-state index contributed by atoms with van der Waals surface area (Å²) in [5.41, 5.74) is 9.44. The van der Waals surface area contributed by atoms with Crippen LogP contribution >= 0.6 is 0 Å². The van der Waals surface area contributed by atoms with E-state index in [-0.39, 0.29) is 0 Å². The van der Waals surface area contributed by atoms with E-state index in [0.717, 1.165) is 30.7 Å². The molecular formula is C33H39NO. The minimum Gasteiger partial charge on any atom is -0.487 e. The Labute approximate surface area is 211 Å². The van der Waals surface area contributed by atoms with E-state index < -0.39 is 0 Å². The second-order valence-electron chi connectivity index (χ2n) is 10.3. The molecule has 35 heavy (non-hydrogen) atoms. The van der Waals surface area contributed by atoms with Crippen molar-refractivity contribution < 1.29 is 4.74 Å². The number of nitrogens with zero attached hydrogens (tertiary/aromatic N) is 1. The Morgan fingerprint density at radius 3 is 2.43 bits per heavy atom. The third-order valence-corrected chi connectivity index (χ3v) is 7.63. The molecule has 2 nitrogen and oxygen atoms in total. The fraction of sp³-hybridized carbons (Fsp3) is 0.424. The first kappa shape index (κ1) is 23.9. The van der Waals surface area contributed by atoms with Crippen LogP contribution in [0.4, 0.5) is 0 Å². The molecule has 2 aromatic rings. The molecule has 2 aliphatic carbocycles. The zero-order valence-electron chi connectivity index (χ0n) is 21.3. The Bertz CT molecular complexity index is 1120. The summed E-state index contributed by atoms with van der Waals surface area (Å²) in [4.78, 5) is 5.13. The zero-order valence-corrected chi connectivity index (χ0v) is 21.3. The molecule has 1 saturated carbocycles. The summed E-state index contributed by atoms with van der Waals surface area (Å²) in [7, 11) is 0. The maximum atomic E-state index is 6.32. The lowest BCUT2D eigenvalue weighted by molar-refractivity contribution is 0.206. The molecule has 2 heteroatoms. The van der Waals surface area contributed by atoms with Gasteiger partial charge in [0.2, 0.25) is 0 Å². The molecule has 1 heterocycles. The number of hydrogen-bond acceptors (Lipinski definition) is 2. The van der Waals surface area contributed by atoms with Crippen LogP contribution in [0.1, 0.15) is 81.4 Å². The molecule has 5 rings (SSSR count). The van der Waals surface area contributed by atoms with Crippen molar-refractivity contribution in [3.05, 3.63) is 106 Å². The summed E-state index contributed by atoms with van der Waals surface area (Å²) in [6.45, 7) is 2.86. The van der Waals surface area contributed by atoms with E-state index in [2.05, 4.69) is 67.6 Å². The van der Waals surface area contributed by atoms with Crippen molar-refractivity contribution in [2.45, 2.75) is 84.2 Å². The van der Waals surface area contributed by atoms with Crippen LogP contribution in [0.2, 0.25) is 0 Å². The monoisotopic (exact) mass is 465 g/mol. The molecular weight excluding hydrogens is 426 g/mol. The van der Waals surface area contributed by atoms with Crippen molar-refractivity contribution in [1.29, 1.82) is 0 Å². The van der Waals surface area contributed by atoms with Crippen LogP contribution in [0.15, 0.2) is 94.3 Å². The van der Waals surface area contributed by atoms with E-state index in [1.807, 2.05) is 6.07 Å². The van der Waals surface area contributed by atoms with E-state index in [9.17, 15) is 0 Å². The molecule has 1 fully saturated rings. The molecule has 3 aliphatic rings. The molecule has 1 unspecified atom stereocenters. The summed E-state index contributed by atoms with van der Waals surface area (Å²) in [6, 6.07) is 19.8. The van der Waals surface area contributed by atoms with Crippen LogP contribution in [0.5, 0.6) is 0 Å². The topological polar surface area (TPSA) is 21.6 Å². The van der Waals surface area contributed by atoms with Gasteiger partial charge in [-0.05, 0) is 78.9 Å². The van der Waals surface area contributed by atoms with E-state index in [1.54, 1.807) is 0 Å². The van der Waals surface area contributed by atoms with Crippen LogP contribution in [0.3, 0.4) is 0 Å². The average molecular weight is 466 g/mol. The Morgan fingerprint density at radius 2 is 1.60 bits per heavy atom. The Hall–Kier alpha value is -2.87. The SMILES string of the molecule is CCCCCCCc1ccc(CC2C=CC(OCc3ccccc3)=C3N=C4CCCCC4=C32)cc1. The quantitative estimate of drug-likeness (QED) is 0.304. The summed E-state index contributed by atoms with van der Waals surface area (Å²) < 4.78 is 6.32.